The molecule has 1 amide bonds. The maximum atomic E-state index is 11.1. The molecule has 7 nitrogen and oxygen atoms in total. The van der Waals surface area contributed by atoms with E-state index in [-0.39, 0.29) is 5.91 Å². The van der Waals surface area contributed by atoms with E-state index in [2.05, 4.69) is 25.1 Å². The van der Waals surface area contributed by atoms with Crippen molar-refractivity contribution in [3.05, 3.63) is 42.7 Å². The van der Waals surface area contributed by atoms with E-state index < -0.39 is 0 Å². The van der Waals surface area contributed by atoms with Crippen LogP contribution < -0.4 is 15.0 Å². The van der Waals surface area contributed by atoms with Crippen molar-refractivity contribution in [2.45, 2.75) is 25.8 Å². The average Bonchev–Trinajstić information content (AvgIpc) is 2.73. The van der Waals surface area contributed by atoms with Gasteiger partial charge in [-0.05, 0) is 43.2 Å². The number of carbonyl (C=O) groups excluding carboxylic acids is 1. The van der Waals surface area contributed by atoms with E-state index >= 15 is 0 Å². The maximum Gasteiger partial charge on any atom is 0.225 e. The molecule has 2 atom stereocenters. The molecule has 1 N–H and O–H groups in total. The van der Waals surface area contributed by atoms with Crippen LogP contribution in [-0.2, 0) is 4.79 Å². The largest absolute Gasteiger partial charge is 0.493 e. The van der Waals surface area contributed by atoms with Gasteiger partial charge in [0.2, 0.25) is 11.9 Å². The van der Waals surface area contributed by atoms with Crippen LogP contribution in [0.5, 0.6) is 5.75 Å². The van der Waals surface area contributed by atoms with E-state index in [0.29, 0.717) is 12.0 Å². The number of piperidine rings is 1. The highest BCUT2D eigenvalue weighted by atomic mass is 16.5. The lowest BCUT2D eigenvalue weighted by Gasteiger charge is -2.46. The summed E-state index contributed by atoms with van der Waals surface area (Å²) in [6.07, 6.45) is 5.98. The van der Waals surface area contributed by atoms with E-state index in [1.165, 1.54) is 19.8 Å². The third-order valence-electron chi connectivity index (χ3n) is 5.50. The summed E-state index contributed by atoms with van der Waals surface area (Å²) in [5, 5.41) is 2.77. The van der Waals surface area contributed by atoms with Crippen LogP contribution in [0.1, 0.15) is 19.8 Å². The molecule has 0 unspecified atom stereocenters. The first-order chi connectivity index (χ1) is 13.7. The van der Waals surface area contributed by atoms with E-state index in [9.17, 15) is 4.79 Å². The number of anilines is 2. The van der Waals surface area contributed by atoms with Gasteiger partial charge in [-0.25, -0.2) is 9.97 Å². The standard InChI is InChI=1S/C21H27N5O2/c1-16(27)24-18-4-7-20(8-5-18)28-15-17-3-6-19-14-26(12-11-25(19)13-17)21-22-9-2-10-23-21/h2,4-5,7-10,17,19H,3,6,11-15H2,1H3,(H,24,27)/t17-,19+/m1/s1. The smallest absolute Gasteiger partial charge is 0.225 e. The third-order valence-corrected chi connectivity index (χ3v) is 5.50. The van der Waals surface area contributed by atoms with Crippen LogP contribution in [0.2, 0.25) is 0 Å². The van der Waals surface area contributed by atoms with Crippen LogP contribution in [-0.4, -0.2) is 59.6 Å². The first kappa shape index (κ1) is 18.7. The third kappa shape index (κ3) is 4.59. The predicted molar refractivity (Wildman–Crippen MR) is 109 cm³/mol. The lowest BCUT2D eigenvalue weighted by atomic mass is 9.91. The highest BCUT2D eigenvalue weighted by molar-refractivity contribution is 5.88. The fourth-order valence-electron chi connectivity index (χ4n) is 4.08. The number of hydrogen-bond donors (Lipinski definition) is 1. The van der Waals surface area contributed by atoms with Crippen LogP contribution in [0.15, 0.2) is 42.7 Å². The van der Waals surface area contributed by atoms with Crippen LogP contribution in [0.25, 0.3) is 0 Å². The van der Waals surface area contributed by atoms with Crippen molar-refractivity contribution in [3.8, 4) is 5.75 Å². The minimum atomic E-state index is -0.0654. The quantitative estimate of drug-likeness (QED) is 0.858. The average molecular weight is 381 g/mol. The molecule has 3 heterocycles. The van der Waals surface area contributed by atoms with Gasteiger partial charge < -0.3 is 15.0 Å². The number of fused-ring (bicyclic) bond motifs is 1. The van der Waals surface area contributed by atoms with E-state index in [0.717, 1.165) is 50.2 Å². The number of rotatable bonds is 5. The fraction of sp³-hybridized carbons (Fsp3) is 0.476. The van der Waals surface area contributed by atoms with Crippen molar-refractivity contribution in [2.24, 2.45) is 5.92 Å². The summed E-state index contributed by atoms with van der Waals surface area (Å²) in [5.74, 6) is 2.17. The first-order valence-corrected chi connectivity index (χ1v) is 9.94. The lowest BCUT2D eigenvalue weighted by molar-refractivity contribution is -0.114. The Morgan fingerprint density at radius 1 is 1.14 bits per heavy atom. The van der Waals surface area contributed by atoms with Gasteiger partial charge in [0.05, 0.1) is 6.61 Å². The molecule has 1 aromatic heterocycles. The molecule has 0 bridgehead atoms. The Hall–Kier alpha value is -2.67. The first-order valence-electron chi connectivity index (χ1n) is 9.94. The summed E-state index contributed by atoms with van der Waals surface area (Å²) in [7, 11) is 0. The number of amides is 1. The molecule has 0 aliphatic carbocycles. The number of aromatic nitrogens is 2. The number of carbonyl (C=O) groups is 1. The highest BCUT2D eigenvalue weighted by Crippen LogP contribution is 2.27. The maximum absolute atomic E-state index is 11.1. The molecule has 148 valence electrons. The molecule has 2 aliphatic rings. The van der Waals surface area contributed by atoms with Crippen LogP contribution in [0.4, 0.5) is 11.6 Å². The minimum absolute atomic E-state index is 0.0654. The molecule has 0 radical (unpaired) electrons. The fourth-order valence-corrected chi connectivity index (χ4v) is 4.08. The predicted octanol–water partition coefficient (Wildman–Crippen LogP) is 2.41. The van der Waals surface area contributed by atoms with Gasteiger partial charge in [-0.1, -0.05) is 0 Å². The Balaban J connectivity index is 1.25. The molecule has 2 saturated heterocycles. The second-order valence-corrected chi connectivity index (χ2v) is 7.60. The molecular weight excluding hydrogens is 354 g/mol. The van der Waals surface area contributed by atoms with Gasteiger partial charge >= 0.3 is 0 Å². The lowest BCUT2D eigenvalue weighted by Crippen LogP contribution is -2.57. The number of nitrogens with one attached hydrogen (secondary N) is 1. The van der Waals surface area contributed by atoms with Crippen molar-refractivity contribution in [2.75, 3.05) is 43.0 Å². The molecule has 2 aromatic rings. The van der Waals surface area contributed by atoms with Gasteiger partial charge in [0.15, 0.2) is 0 Å². The number of benzene rings is 1. The molecular formula is C21H27N5O2. The minimum Gasteiger partial charge on any atom is -0.493 e. The van der Waals surface area contributed by atoms with Gasteiger partial charge in [-0.3, -0.25) is 9.69 Å². The number of hydrogen-bond acceptors (Lipinski definition) is 6. The van der Waals surface area contributed by atoms with Crippen molar-refractivity contribution < 1.29 is 9.53 Å². The summed E-state index contributed by atoms with van der Waals surface area (Å²) in [5.41, 5.74) is 0.792. The molecule has 2 aliphatic heterocycles. The van der Waals surface area contributed by atoms with Crippen LogP contribution in [0.3, 0.4) is 0 Å². The van der Waals surface area contributed by atoms with Crippen LogP contribution >= 0.6 is 0 Å². The Morgan fingerprint density at radius 3 is 2.68 bits per heavy atom. The molecule has 28 heavy (non-hydrogen) atoms. The number of ether oxygens (including phenoxy) is 1. The SMILES string of the molecule is CC(=O)Nc1ccc(OC[C@@H]2CC[C@H]3CN(c4ncccn4)CCN3C2)cc1. The topological polar surface area (TPSA) is 70.6 Å². The summed E-state index contributed by atoms with van der Waals surface area (Å²) >= 11 is 0. The molecule has 0 saturated carbocycles. The Bertz CT molecular complexity index is 783. The number of nitrogens with zero attached hydrogens (tertiary/aromatic N) is 4. The molecule has 1 aromatic carbocycles. The zero-order valence-corrected chi connectivity index (χ0v) is 16.3. The van der Waals surface area contributed by atoms with E-state index in [1.807, 2.05) is 42.7 Å². The second kappa shape index (κ2) is 8.56. The Labute approximate surface area is 165 Å². The van der Waals surface area contributed by atoms with Crippen molar-refractivity contribution in [1.82, 2.24) is 14.9 Å². The summed E-state index contributed by atoms with van der Waals surface area (Å²) in [6.45, 7) is 6.34. The Morgan fingerprint density at radius 2 is 1.93 bits per heavy atom. The van der Waals surface area contributed by atoms with Gasteiger partial charge in [-0.2, -0.15) is 0 Å². The zero-order valence-electron chi connectivity index (χ0n) is 16.3. The van der Waals surface area contributed by atoms with Gasteiger partial charge in [0.25, 0.3) is 0 Å². The van der Waals surface area contributed by atoms with Crippen molar-refractivity contribution >= 4 is 17.5 Å². The molecule has 2 fully saturated rings. The number of piperazine rings is 1. The molecule has 7 heteroatoms. The van der Waals surface area contributed by atoms with E-state index in [1.54, 1.807) is 0 Å². The monoisotopic (exact) mass is 381 g/mol. The zero-order chi connectivity index (χ0) is 19.3. The van der Waals surface area contributed by atoms with Gasteiger partial charge in [-0.15, -0.1) is 0 Å². The normalized spacial score (nSPS) is 22.4. The van der Waals surface area contributed by atoms with Crippen molar-refractivity contribution in [3.63, 3.8) is 0 Å². The summed E-state index contributed by atoms with van der Waals surface area (Å²) in [4.78, 5) is 24.8. The molecule has 4 rings (SSSR count). The highest BCUT2D eigenvalue weighted by Gasteiger charge is 2.33. The summed E-state index contributed by atoms with van der Waals surface area (Å²) in [6, 6.07) is 10.0. The molecule has 0 spiro atoms. The Kier molecular flexibility index (Phi) is 5.71. The van der Waals surface area contributed by atoms with Gasteiger partial charge in [0.1, 0.15) is 5.75 Å². The van der Waals surface area contributed by atoms with Crippen molar-refractivity contribution in [1.29, 1.82) is 0 Å². The second-order valence-electron chi connectivity index (χ2n) is 7.60. The summed E-state index contributed by atoms with van der Waals surface area (Å²) < 4.78 is 6.01. The van der Waals surface area contributed by atoms with Crippen LogP contribution in [0, 0.1) is 5.92 Å². The van der Waals surface area contributed by atoms with E-state index in [4.69, 9.17) is 4.74 Å². The van der Waals surface area contributed by atoms with Gasteiger partial charge in [0, 0.05) is 63.1 Å².